The van der Waals surface area contributed by atoms with Crippen LogP contribution >= 0.6 is 11.7 Å². The maximum atomic E-state index is 2.51. The zero-order valence-corrected chi connectivity index (χ0v) is 33.5. The molecular weight excluding hydrogens is 637 g/mol. The molecule has 3 heterocycles. The maximum absolute atomic E-state index is 2.51. The lowest BCUT2D eigenvalue weighted by Crippen LogP contribution is -2.31. The van der Waals surface area contributed by atoms with Crippen LogP contribution in [0.3, 0.4) is 0 Å². The topological polar surface area (TPSA) is 8.29 Å². The molecule has 1 atom stereocenters. The van der Waals surface area contributed by atoms with Crippen LogP contribution in [0.1, 0.15) is 123 Å². The summed E-state index contributed by atoms with van der Waals surface area (Å²) in [5.41, 5.74) is 16.3. The molecule has 0 saturated carbocycles. The van der Waals surface area contributed by atoms with Gasteiger partial charge in [-0.2, -0.15) is 0 Å². The lowest BCUT2D eigenvalue weighted by Gasteiger charge is -2.27. The molecular formula is C48H59N2S+. The summed E-state index contributed by atoms with van der Waals surface area (Å²) < 4.78 is 5.02. The summed E-state index contributed by atoms with van der Waals surface area (Å²) >= 11 is 1.85. The Balaban J connectivity index is 1.58. The van der Waals surface area contributed by atoms with Gasteiger partial charge in [0, 0.05) is 29.2 Å². The summed E-state index contributed by atoms with van der Waals surface area (Å²) in [7, 11) is 0. The third kappa shape index (κ3) is 8.10. The highest BCUT2D eigenvalue weighted by Crippen LogP contribution is 2.39. The first kappa shape index (κ1) is 36.8. The summed E-state index contributed by atoms with van der Waals surface area (Å²) in [6.07, 6.45) is 31.0. The third-order valence-electron chi connectivity index (χ3n) is 10.8. The molecule has 51 heavy (non-hydrogen) atoms. The first-order valence-corrected chi connectivity index (χ1v) is 20.1. The number of fused-ring (bicyclic) bond motifs is 2. The van der Waals surface area contributed by atoms with Gasteiger partial charge in [0.1, 0.15) is 11.4 Å². The second-order valence-corrected chi connectivity index (χ2v) is 17.4. The van der Waals surface area contributed by atoms with Crippen molar-refractivity contribution in [1.29, 1.82) is 0 Å². The minimum Gasteiger partial charge on any atom is -0.144 e. The summed E-state index contributed by atoms with van der Waals surface area (Å²) in [5.74, 6) is 0.565. The molecule has 2 nitrogen and oxygen atoms in total. The molecule has 0 saturated heterocycles. The van der Waals surface area contributed by atoms with Gasteiger partial charge in [0.05, 0.1) is 0 Å². The molecule has 3 heteroatoms. The van der Waals surface area contributed by atoms with E-state index in [9.17, 15) is 0 Å². The van der Waals surface area contributed by atoms with Gasteiger partial charge in [-0.15, -0.1) is 7.75 Å². The number of allylic oxidation sites excluding steroid dienone is 14. The highest BCUT2D eigenvalue weighted by Gasteiger charge is 2.30. The average molecular weight is 696 g/mol. The number of nitrogens with zero attached hydrogens (tertiary/aromatic N) is 2. The molecule has 0 spiro atoms. The molecule has 6 rings (SSSR count). The third-order valence-corrected chi connectivity index (χ3v) is 11.9. The molecule has 1 aromatic heterocycles. The quantitative estimate of drug-likeness (QED) is 0.122. The highest BCUT2D eigenvalue weighted by molar-refractivity contribution is 6.96. The molecule has 2 aliphatic carbocycles. The number of benzene rings is 1. The Bertz CT molecular complexity index is 2050. The van der Waals surface area contributed by atoms with E-state index in [0.717, 1.165) is 38.5 Å². The van der Waals surface area contributed by atoms with Crippen molar-refractivity contribution in [3.8, 4) is 16.8 Å². The Kier molecular flexibility index (Phi) is 11.1. The van der Waals surface area contributed by atoms with E-state index >= 15 is 0 Å². The number of aromatic nitrogens is 2. The van der Waals surface area contributed by atoms with Crippen LogP contribution in [-0.4, -0.2) is 3.79 Å². The van der Waals surface area contributed by atoms with E-state index in [1.807, 2.05) is 11.7 Å². The highest BCUT2D eigenvalue weighted by atomic mass is 32.1. The Morgan fingerprint density at radius 1 is 0.941 bits per heavy atom. The zero-order chi connectivity index (χ0) is 36.3. The lowest BCUT2D eigenvalue weighted by molar-refractivity contribution is -0.522. The minimum atomic E-state index is 0.115. The largest absolute Gasteiger partial charge is 0.242 e. The Morgan fingerprint density at radius 3 is 2.41 bits per heavy atom. The van der Waals surface area contributed by atoms with Crippen molar-refractivity contribution in [2.75, 3.05) is 0 Å². The van der Waals surface area contributed by atoms with Crippen LogP contribution in [0, 0.1) is 11.3 Å². The van der Waals surface area contributed by atoms with E-state index in [1.165, 1.54) is 73.6 Å². The fraction of sp³-hybridized carbons (Fsp3) is 0.396. The average Bonchev–Trinajstić information content (AvgIpc) is 3.38. The van der Waals surface area contributed by atoms with Gasteiger partial charge in [-0.1, -0.05) is 153 Å². The van der Waals surface area contributed by atoms with Crippen LogP contribution in [0.15, 0.2) is 114 Å². The number of hydrogen-bond acceptors (Lipinski definition) is 1. The molecule has 0 N–H and O–H groups in total. The number of hydrogen-bond donors (Lipinski definition) is 0. The second kappa shape index (κ2) is 15.3. The van der Waals surface area contributed by atoms with Crippen molar-refractivity contribution in [3.05, 3.63) is 137 Å². The number of rotatable bonds is 9. The molecule has 1 unspecified atom stereocenters. The predicted octanol–water partition coefficient (Wildman–Crippen LogP) is 13.6. The van der Waals surface area contributed by atoms with Gasteiger partial charge in [0.15, 0.2) is 11.2 Å². The first-order chi connectivity index (χ1) is 24.4. The fourth-order valence-corrected chi connectivity index (χ4v) is 8.59. The van der Waals surface area contributed by atoms with Crippen LogP contribution < -0.4 is 3.96 Å². The standard InChI is InChI=1S/C48H59N2S/c1-10-16-34(11-2)18-14-22-41-31-42(36-19-15-21-39(28-25-36)47(4,5)6)45-33-46-43(37-26-29-40(30-27-37)48(7,8)9)32-44(50(46)51-49(41)45)38-20-13-17-35(12-3)23-24-38/h13-14,16-19,23-33,39H,10-12,15,20-22H2,1-9H3/q+1/b18-14-,34-16-. The summed E-state index contributed by atoms with van der Waals surface area (Å²) in [5, 5.41) is 0. The van der Waals surface area contributed by atoms with E-state index in [-0.39, 0.29) is 10.8 Å². The summed E-state index contributed by atoms with van der Waals surface area (Å²) in [6, 6.07) is 16.7. The maximum Gasteiger partial charge on any atom is 0.242 e. The predicted molar refractivity (Wildman–Crippen MR) is 223 cm³/mol. The van der Waals surface area contributed by atoms with E-state index in [2.05, 4.69) is 173 Å². The SMILES string of the molecule is CC/C=C(\C=C/Cc1cc(C2=CCCC(C(C)(C)C)C=C2)c2cc3c(-c4ccc(C(C)(C)C)cc4)cc(C4=CC=C(CC)C=CC4)[n+]-3sn12)CC. The van der Waals surface area contributed by atoms with Crippen LogP contribution in [0.25, 0.3) is 33.5 Å². The van der Waals surface area contributed by atoms with Crippen molar-refractivity contribution in [2.45, 2.75) is 113 Å². The molecule has 2 aromatic rings. The van der Waals surface area contributed by atoms with Crippen molar-refractivity contribution in [3.63, 3.8) is 0 Å². The van der Waals surface area contributed by atoms with E-state index < -0.39 is 0 Å². The smallest absolute Gasteiger partial charge is 0.144 e. The molecule has 0 radical (unpaired) electrons. The van der Waals surface area contributed by atoms with Crippen molar-refractivity contribution in [1.82, 2.24) is 3.79 Å². The molecule has 1 aromatic carbocycles. The van der Waals surface area contributed by atoms with Gasteiger partial charge >= 0.3 is 0 Å². The van der Waals surface area contributed by atoms with E-state index in [1.54, 1.807) is 0 Å². The van der Waals surface area contributed by atoms with Gasteiger partial charge in [-0.25, -0.2) is 0 Å². The van der Waals surface area contributed by atoms with Crippen LogP contribution in [0.5, 0.6) is 0 Å². The van der Waals surface area contributed by atoms with Gasteiger partial charge in [0.2, 0.25) is 11.7 Å². The molecule has 0 bridgehead atoms. The Morgan fingerprint density at radius 2 is 1.73 bits per heavy atom. The normalized spacial score (nSPS) is 17.6. The molecule has 266 valence electrons. The van der Waals surface area contributed by atoms with Crippen molar-refractivity contribution >= 4 is 28.4 Å². The molecule has 4 aliphatic rings. The van der Waals surface area contributed by atoms with E-state index in [0.29, 0.717) is 5.92 Å². The molecule has 0 fully saturated rings. The van der Waals surface area contributed by atoms with Crippen LogP contribution in [0.2, 0.25) is 0 Å². The van der Waals surface area contributed by atoms with Gasteiger partial charge in [-0.3, -0.25) is 0 Å². The minimum absolute atomic E-state index is 0.115. The Labute approximate surface area is 312 Å². The monoisotopic (exact) mass is 695 g/mol. The Hall–Kier alpha value is -3.95. The zero-order valence-electron chi connectivity index (χ0n) is 32.6. The summed E-state index contributed by atoms with van der Waals surface area (Å²) in [6.45, 7) is 20.7. The van der Waals surface area contributed by atoms with Gasteiger partial charge < -0.3 is 0 Å². The lowest BCUT2D eigenvalue weighted by atomic mass is 9.78. The van der Waals surface area contributed by atoms with E-state index in [4.69, 9.17) is 0 Å². The van der Waals surface area contributed by atoms with Crippen LogP contribution in [0.4, 0.5) is 0 Å². The van der Waals surface area contributed by atoms with Gasteiger partial charge in [0.25, 0.3) is 0 Å². The first-order valence-electron chi connectivity index (χ1n) is 19.4. The summed E-state index contributed by atoms with van der Waals surface area (Å²) in [4.78, 5) is 0. The van der Waals surface area contributed by atoms with Gasteiger partial charge in [-0.05, 0) is 89.7 Å². The molecule has 0 amide bonds. The fourth-order valence-electron chi connectivity index (χ4n) is 7.46. The second-order valence-electron chi connectivity index (χ2n) is 16.5. The molecule has 2 aliphatic heterocycles. The van der Waals surface area contributed by atoms with Crippen LogP contribution in [-0.2, 0) is 11.8 Å². The van der Waals surface area contributed by atoms with Crippen molar-refractivity contribution < 1.29 is 3.96 Å². The van der Waals surface area contributed by atoms with Crippen molar-refractivity contribution in [2.24, 2.45) is 11.3 Å².